The van der Waals surface area contributed by atoms with Crippen molar-refractivity contribution in [2.75, 3.05) is 6.61 Å². The lowest BCUT2D eigenvalue weighted by molar-refractivity contribution is 0.351. The number of aromatic nitrogens is 2. The average Bonchev–Trinajstić information content (AvgIpc) is 3.12. The molecule has 112 valence electrons. The van der Waals surface area contributed by atoms with Crippen LogP contribution in [0.3, 0.4) is 0 Å². The number of hydrogen-bond donors (Lipinski definition) is 2. The predicted molar refractivity (Wildman–Crippen MR) is 86.4 cm³/mol. The van der Waals surface area contributed by atoms with E-state index in [9.17, 15) is 0 Å². The summed E-state index contributed by atoms with van der Waals surface area (Å²) >= 11 is 4.98. The first-order chi connectivity index (χ1) is 10.2. The largest absolute Gasteiger partial charge is 0.493 e. The van der Waals surface area contributed by atoms with E-state index < -0.39 is 0 Å². The molecular formula is C14H17BrN4OS. The Bertz CT molecular complexity index is 646. The molecule has 3 N–H and O–H groups in total. The van der Waals surface area contributed by atoms with Crippen molar-refractivity contribution < 1.29 is 4.74 Å². The van der Waals surface area contributed by atoms with Crippen LogP contribution in [0.1, 0.15) is 34.7 Å². The van der Waals surface area contributed by atoms with Crippen LogP contribution < -0.4 is 16.0 Å². The number of ether oxygens (including phenoxy) is 1. The van der Waals surface area contributed by atoms with E-state index >= 15 is 0 Å². The molecule has 0 bridgehead atoms. The summed E-state index contributed by atoms with van der Waals surface area (Å²) < 4.78 is 10.9. The summed E-state index contributed by atoms with van der Waals surface area (Å²) in [6.45, 7) is 2.83. The molecule has 0 fully saturated rings. The van der Waals surface area contributed by atoms with Crippen LogP contribution >= 0.6 is 27.5 Å². The van der Waals surface area contributed by atoms with E-state index in [-0.39, 0.29) is 6.04 Å². The smallest absolute Gasteiger partial charge is 0.125 e. The molecule has 3 rings (SSSR count). The second kappa shape index (κ2) is 6.39. The van der Waals surface area contributed by atoms with Gasteiger partial charge in [0.2, 0.25) is 0 Å². The third-order valence-electron chi connectivity index (χ3n) is 3.69. The van der Waals surface area contributed by atoms with Gasteiger partial charge in [0.1, 0.15) is 5.75 Å². The Hall–Kier alpha value is -1.02. The Labute approximate surface area is 136 Å². The summed E-state index contributed by atoms with van der Waals surface area (Å²) in [5, 5.41) is 4.17. The minimum atomic E-state index is 0.00236. The minimum Gasteiger partial charge on any atom is -0.493 e. The molecule has 1 atom stereocenters. The highest BCUT2D eigenvalue weighted by Gasteiger charge is 2.23. The fourth-order valence-electron chi connectivity index (χ4n) is 2.67. The van der Waals surface area contributed by atoms with Crippen LogP contribution in [-0.4, -0.2) is 16.2 Å². The quantitative estimate of drug-likeness (QED) is 0.626. The maximum Gasteiger partial charge on any atom is 0.125 e. The van der Waals surface area contributed by atoms with Crippen molar-refractivity contribution in [2.45, 2.75) is 32.2 Å². The Balaban J connectivity index is 1.92. The monoisotopic (exact) mass is 368 g/mol. The molecule has 1 aliphatic heterocycles. The van der Waals surface area contributed by atoms with Crippen LogP contribution in [0.25, 0.3) is 0 Å². The predicted octanol–water partition coefficient (Wildman–Crippen LogP) is 2.54. The van der Waals surface area contributed by atoms with Gasteiger partial charge in [-0.3, -0.25) is 11.3 Å². The summed E-state index contributed by atoms with van der Waals surface area (Å²) in [5.74, 6) is 6.78. The SMILES string of the molecule is CCc1nnsc1C(Cc1cc(Br)cc2c1OCC2)NN. The van der Waals surface area contributed by atoms with Gasteiger partial charge in [-0.15, -0.1) is 5.10 Å². The van der Waals surface area contributed by atoms with E-state index in [1.165, 1.54) is 17.1 Å². The van der Waals surface area contributed by atoms with Crippen LogP contribution in [-0.2, 0) is 19.3 Å². The second-order valence-corrected chi connectivity index (χ2v) is 6.71. The first kappa shape index (κ1) is 14.9. The van der Waals surface area contributed by atoms with Crippen LogP contribution in [0.15, 0.2) is 16.6 Å². The Morgan fingerprint density at radius 2 is 2.38 bits per heavy atom. The Morgan fingerprint density at radius 3 is 3.14 bits per heavy atom. The van der Waals surface area contributed by atoms with Crippen molar-refractivity contribution in [1.29, 1.82) is 0 Å². The number of nitrogens with one attached hydrogen (secondary N) is 1. The topological polar surface area (TPSA) is 73.1 Å². The lowest BCUT2D eigenvalue weighted by Gasteiger charge is -2.17. The molecule has 7 heteroatoms. The van der Waals surface area contributed by atoms with Gasteiger partial charge >= 0.3 is 0 Å². The van der Waals surface area contributed by atoms with Crippen molar-refractivity contribution in [3.8, 4) is 5.75 Å². The number of halogens is 1. The molecule has 1 unspecified atom stereocenters. The average molecular weight is 369 g/mol. The lowest BCUT2D eigenvalue weighted by Crippen LogP contribution is -2.29. The highest BCUT2D eigenvalue weighted by molar-refractivity contribution is 9.10. The number of rotatable bonds is 5. The molecule has 1 aromatic heterocycles. The molecule has 2 heterocycles. The van der Waals surface area contributed by atoms with Gasteiger partial charge in [0.25, 0.3) is 0 Å². The highest BCUT2D eigenvalue weighted by atomic mass is 79.9. The molecule has 1 aromatic carbocycles. The summed E-state index contributed by atoms with van der Waals surface area (Å²) in [6.07, 6.45) is 2.58. The zero-order valence-corrected chi connectivity index (χ0v) is 14.1. The zero-order chi connectivity index (χ0) is 14.8. The number of hydrazine groups is 1. The number of benzene rings is 1. The van der Waals surface area contributed by atoms with Crippen molar-refractivity contribution in [1.82, 2.24) is 15.0 Å². The lowest BCUT2D eigenvalue weighted by atomic mass is 10.00. The van der Waals surface area contributed by atoms with Gasteiger partial charge in [-0.1, -0.05) is 27.3 Å². The first-order valence-electron chi connectivity index (χ1n) is 6.94. The van der Waals surface area contributed by atoms with Crippen LogP contribution in [0.5, 0.6) is 5.75 Å². The summed E-state index contributed by atoms with van der Waals surface area (Å²) in [5.41, 5.74) is 6.33. The molecule has 5 nitrogen and oxygen atoms in total. The van der Waals surface area contributed by atoms with Gasteiger partial charge in [-0.25, -0.2) is 0 Å². The second-order valence-electron chi connectivity index (χ2n) is 5.01. The van der Waals surface area contributed by atoms with Crippen LogP contribution in [0, 0.1) is 0 Å². The van der Waals surface area contributed by atoms with Gasteiger partial charge in [0.15, 0.2) is 0 Å². The highest BCUT2D eigenvalue weighted by Crippen LogP contribution is 2.36. The molecule has 21 heavy (non-hydrogen) atoms. The van der Waals surface area contributed by atoms with Gasteiger partial charge in [-0.05, 0) is 47.6 Å². The van der Waals surface area contributed by atoms with Crippen LogP contribution in [0.2, 0.25) is 0 Å². The van der Waals surface area contributed by atoms with Crippen molar-refractivity contribution in [3.05, 3.63) is 38.3 Å². The third kappa shape index (κ3) is 2.96. The molecule has 2 aromatic rings. The normalized spacial score (nSPS) is 14.8. The maximum absolute atomic E-state index is 5.79. The Morgan fingerprint density at radius 1 is 1.52 bits per heavy atom. The molecule has 0 saturated carbocycles. The molecular weight excluding hydrogens is 352 g/mol. The fourth-order valence-corrected chi connectivity index (χ4v) is 4.02. The molecule has 0 amide bonds. The molecule has 0 radical (unpaired) electrons. The Kier molecular flexibility index (Phi) is 4.54. The van der Waals surface area contributed by atoms with Gasteiger partial charge < -0.3 is 4.74 Å². The zero-order valence-electron chi connectivity index (χ0n) is 11.7. The van der Waals surface area contributed by atoms with Gasteiger partial charge in [-0.2, -0.15) is 0 Å². The number of hydrogen-bond acceptors (Lipinski definition) is 6. The van der Waals surface area contributed by atoms with E-state index in [0.717, 1.165) is 52.2 Å². The minimum absolute atomic E-state index is 0.00236. The van der Waals surface area contributed by atoms with Crippen molar-refractivity contribution in [2.24, 2.45) is 5.84 Å². The number of nitrogens with zero attached hydrogens (tertiary/aromatic N) is 2. The van der Waals surface area contributed by atoms with Gasteiger partial charge in [0, 0.05) is 10.9 Å². The van der Waals surface area contributed by atoms with E-state index in [1.807, 2.05) is 0 Å². The van der Waals surface area contributed by atoms with E-state index in [4.69, 9.17) is 10.6 Å². The van der Waals surface area contributed by atoms with Crippen LogP contribution in [0.4, 0.5) is 0 Å². The summed E-state index contributed by atoms with van der Waals surface area (Å²) in [4.78, 5) is 1.10. The molecule has 0 saturated heterocycles. The fraction of sp³-hybridized carbons (Fsp3) is 0.429. The van der Waals surface area contributed by atoms with E-state index in [2.05, 4.69) is 50.0 Å². The first-order valence-corrected chi connectivity index (χ1v) is 8.51. The maximum atomic E-state index is 5.79. The number of nitrogens with two attached hydrogens (primary N) is 1. The van der Waals surface area contributed by atoms with Crippen molar-refractivity contribution >= 4 is 27.5 Å². The molecule has 1 aliphatic rings. The molecule has 0 spiro atoms. The van der Waals surface area contributed by atoms with E-state index in [1.54, 1.807) is 0 Å². The standard InChI is InChI=1S/C14H17BrN4OS/c1-2-11-14(21-19-18-11)12(17-16)7-9-6-10(15)5-8-3-4-20-13(8)9/h5-6,12,17H,2-4,7,16H2,1H3. The number of aryl methyl sites for hydroxylation is 1. The van der Waals surface area contributed by atoms with Gasteiger partial charge in [0.05, 0.1) is 23.2 Å². The van der Waals surface area contributed by atoms with Crippen molar-refractivity contribution in [3.63, 3.8) is 0 Å². The third-order valence-corrected chi connectivity index (χ3v) is 5.03. The summed E-state index contributed by atoms with van der Waals surface area (Å²) in [7, 11) is 0. The summed E-state index contributed by atoms with van der Waals surface area (Å²) in [6, 6.07) is 4.24. The number of fused-ring (bicyclic) bond motifs is 1. The van der Waals surface area contributed by atoms with E-state index in [0.29, 0.717) is 0 Å². The molecule has 0 aliphatic carbocycles.